The molecule has 8 heteroatoms. The van der Waals surface area contributed by atoms with Crippen LogP contribution in [0.4, 0.5) is 5.69 Å². The van der Waals surface area contributed by atoms with Crippen LogP contribution in [-0.4, -0.2) is 48.5 Å². The molecule has 0 aromatic heterocycles. The summed E-state index contributed by atoms with van der Waals surface area (Å²) in [7, 11) is -2.61. The van der Waals surface area contributed by atoms with Crippen molar-refractivity contribution in [2.75, 3.05) is 17.9 Å². The van der Waals surface area contributed by atoms with Crippen molar-refractivity contribution in [1.29, 1.82) is 0 Å². The summed E-state index contributed by atoms with van der Waals surface area (Å²) in [4.78, 5) is 11.3. The van der Waals surface area contributed by atoms with Gasteiger partial charge in [0, 0.05) is 19.7 Å². The SMILES string of the molecule is CN(c1cccc(O)c1)S(=O)(=O)N1CCCCC1C(=O)O. The van der Waals surface area contributed by atoms with E-state index in [0.717, 1.165) is 8.61 Å². The fraction of sp³-hybridized carbons (Fsp3) is 0.462. The van der Waals surface area contributed by atoms with E-state index in [1.807, 2.05) is 0 Å². The first-order valence-corrected chi connectivity index (χ1v) is 8.01. The molecule has 0 spiro atoms. The molecule has 0 amide bonds. The molecule has 1 fully saturated rings. The summed E-state index contributed by atoms with van der Waals surface area (Å²) in [6.07, 6.45) is 1.64. The van der Waals surface area contributed by atoms with E-state index in [2.05, 4.69) is 0 Å². The summed E-state index contributed by atoms with van der Waals surface area (Å²) < 4.78 is 27.2. The van der Waals surface area contributed by atoms with Crippen molar-refractivity contribution in [1.82, 2.24) is 4.31 Å². The van der Waals surface area contributed by atoms with Crippen molar-refractivity contribution in [3.8, 4) is 5.75 Å². The normalized spacial score (nSPS) is 20.1. The Morgan fingerprint density at radius 3 is 2.71 bits per heavy atom. The van der Waals surface area contributed by atoms with Crippen LogP contribution in [0, 0.1) is 0 Å². The summed E-state index contributed by atoms with van der Waals surface area (Å²) in [5.41, 5.74) is 0.282. The fourth-order valence-electron chi connectivity index (χ4n) is 2.41. The van der Waals surface area contributed by atoms with Gasteiger partial charge in [-0.2, -0.15) is 12.7 Å². The minimum atomic E-state index is -3.95. The van der Waals surface area contributed by atoms with Gasteiger partial charge in [-0.05, 0) is 31.4 Å². The Kier molecular flexibility index (Phi) is 4.38. The predicted molar refractivity (Wildman–Crippen MR) is 77.4 cm³/mol. The maximum atomic E-state index is 12.6. The average molecular weight is 314 g/mol. The van der Waals surface area contributed by atoms with E-state index in [9.17, 15) is 23.4 Å². The molecule has 0 radical (unpaired) electrons. The van der Waals surface area contributed by atoms with Gasteiger partial charge in [0.05, 0.1) is 5.69 Å². The van der Waals surface area contributed by atoms with Crippen molar-refractivity contribution < 1.29 is 23.4 Å². The summed E-state index contributed by atoms with van der Waals surface area (Å²) >= 11 is 0. The summed E-state index contributed by atoms with van der Waals surface area (Å²) in [6, 6.07) is 4.78. The number of benzene rings is 1. The van der Waals surface area contributed by atoms with Gasteiger partial charge >= 0.3 is 16.2 Å². The van der Waals surface area contributed by atoms with E-state index in [1.54, 1.807) is 0 Å². The van der Waals surface area contributed by atoms with Crippen LogP contribution in [0.25, 0.3) is 0 Å². The molecule has 1 aromatic rings. The van der Waals surface area contributed by atoms with Gasteiger partial charge in [0.2, 0.25) is 0 Å². The molecule has 0 bridgehead atoms. The van der Waals surface area contributed by atoms with Crippen LogP contribution in [0.15, 0.2) is 24.3 Å². The molecule has 1 unspecified atom stereocenters. The van der Waals surface area contributed by atoms with Gasteiger partial charge in [0.15, 0.2) is 0 Å². The summed E-state index contributed by atoms with van der Waals surface area (Å²) in [6.45, 7) is 0.183. The number of carbonyl (C=O) groups is 1. The van der Waals surface area contributed by atoms with Crippen LogP contribution >= 0.6 is 0 Å². The van der Waals surface area contributed by atoms with Gasteiger partial charge in [0.1, 0.15) is 11.8 Å². The maximum Gasteiger partial charge on any atom is 0.322 e. The Morgan fingerprint density at radius 2 is 2.10 bits per heavy atom. The molecule has 7 nitrogen and oxygen atoms in total. The van der Waals surface area contributed by atoms with Crippen molar-refractivity contribution in [3.05, 3.63) is 24.3 Å². The van der Waals surface area contributed by atoms with Crippen molar-refractivity contribution in [3.63, 3.8) is 0 Å². The molecule has 21 heavy (non-hydrogen) atoms. The molecule has 2 N–H and O–H groups in total. The number of hydrogen-bond acceptors (Lipinski definition) is 4. The van der Waals surface area contributed by atoms with Crippen LogP contribution in [0.2, 0.25) is 0 Å². The lowest BCUT2D eigenvalue weighted by Gasteiger charge is -2.35. The molecule has 1 aromatic carbocycles. The second-order valence-corrected chi connectivity index (χ2v) is 6.87. The van der Waals surface area contributed by atoms with Crippen LogP contribution in [0.5, 0.6) is 5.75 Å². The quantitative estimate of drug-likeness (QED) is 0.864. The Hall–Kier alpha value is -1.80. The third kappa shape index (κ3) is 3.11. The Labute approximate surface area is 123 Å². The first kappa shape index (κ1) is 15.6. The molecule has 0 aliphatic carbocycles. The van der Waals surface area contributed by atoms with E-state index in [1.165, 1.54) is 31.3 Å². The molecule has 1 aliphatic heterocycles. The van der Waals surface area contributed by atoms with Crippen LogP contribution in [-0.2, 0) is 15.0 Å². The molecular weight excluding hydrogens is 296 g/mol. The van der Waals surface area contributed by atoms with Gasteiger partial charge in [-0.25, -0.2) is 0 Å². The van der Waals surface area contributed by atoms with Crippen LogP contribution < -0.4 is 4.31 Å². The van der Waals surface area contributed by atoms with Gasteiger partial charge in [-0.3, -0.25) is 9.10 Å². The highest BCUT2D eigenvalue weighted by atomic mass is 32.2. The highest BCUT2D eigenvalue weighted by Crippen LogP contribution is 2.27. The number of nitrogens with zero attached hydrogens (tertiary/aromatic N) is 2. The molecule has 1 heterocycles. The standard InChI is InChI=1S/C13H18N2O5S/c1-14(10-5-4-6-11(16)9-10)21(19,20)15-8-3-2-7-12(15)13(17)18/h4-6,9,12,16H,2-3,7-8H2,1H3,(H,17,18). The minimum Gasteiger partial charge on any atom is -0.508 e. The second-order valence-electron chi connectivity index (χ2n) is 4.96. The Balaban J connectivity index is 2.33. The van der Waals surface area contributed by atoms with Crippen molar-refractivity contribution >= 4 is 21.9 Å². The monoisotopic (exact) mass is 314 g/mol. The predicted octanol–water partition coefficient (Wildman–Crippen LogP) is 1.01. The minimum absolute atomic E-state index is 0.0528. The highest BCUT2D eigenvalue weighted by Gasteiger charge is 2.39. The summed E-state index contributed by atoms with van der Waals surface area (Å²) in [5, 5.41) is 18.7. The number of anilines is 1. The number of hydrogen-bond donors (Lipinski definition) is 2. The van der Waals surface area contributed by atoms with E-state index >= 15 is 0 Å². The first-order chi connectivity index (χ1) is 9.84. The number of piperidine rings is 1. The van der Waals surface area contributed by atoms with E-state index < -0.39 is 22.2 Å². The molecule has 116 valence electrons. The average Bonchev–Trinajstić information content (AvgIpc) is 2.46. The third-order valence-corrected chi connectivity index (χ3v) is 5.51. The summed E-state index contributed by atoms with van der Waals surface area (Å²) in [5.74, 6) is -1.19. The van der Waals surface area contributed by atoms with Crippen LogP contribution in [0.1, 0.15) is 19.3 Å². The molecule has 2 rings (SSSR count). The smallest absolute Gasteiger partial charge is 0.322 e. The number of carboxylic acid groups (broad SMARTS) is 1. The van der Waals surface area contributed by atoms with Gasteiger partial charge in [0.25, 0.3) is 0 Å². The molecule has 1 atom stereocenters. The molecule has 1 aliphatic rings. The fourth-order valence-corrected chi connectivity index (χ4v) is 3.98. The number of aliphatic carboxylic acids is 1. The zero-order valence-electron chi connectivity index (χ0n) is 11.6. The maximum absolute atomic E-state index is 12.6. The topological polar surface area (TPSA) is 98.2 Å². The molecule has 1 saturated heterocycles. The van der Waals surface area contributed by atoms with Crippen LogP contribution in [0.3, 0.4) is 0 Å². The lowest BCUT2D eigenvalue weighted by atomic mass is 10.1. The van der Waals surface area contributed by atoms with Gasteiger partial charge in [-0.15, -0.1) is 0 Å². The molecular formula is C13H18N2O5S. The number of carboxylic acids is 1. The van der Waals surface area contributed by atoms with Gasteiger partial charge < -0.3 is 10.2 Å². The zero-order chi connectivity index (χ0) is 15.6. The highest BCUT2D eigenvalue weighted by molar-refractivity contribution is 7.90. The zero-order valence-corrected chi connectivity index (χ0v) is 12.5. The number of phenolic OH excluding ortho intramolecular Hbond substituents is 1. The number of aromatic hydroxyl groups is 1. The first-order valence-electron chi connectivity index (χ1n) is 6.61. The van der Waals surface area contributed by atoms with Crippen molar-refractivity contribution in [2.45, 2.75) is 25.3 Å². The van der Waals surface area contributed by atoms with Gasteiger partial charge in [-0.1, -0.05) is 6.07 Å². The lowest BCUT2D eigenvalue weighted by Crippen LogP contribution is -2.52. The largest absolute Gasteiger partial charge is 0.508 e. The van der Waals surface area contributed by atoms with Crippen molar-refractivity contribution in [2.24, 2.45) is 0 Å². The van der Waals surface area contributed by atoms with E-state index in [-0.39, 0.29) is 18.0 Å². The Bertz CT molecular complexity index is 631. The number of rotatable bonds is 4. The molecule has 0 saturated carbocycles. The van der Waals surface area contributed by atoms with E-state index in [0.29, 0.717) is 19.3 Å². The third-order valence-electron chi connectivity index (χ3n) is 3.57. The Morgan fingerprint density at radius 1 is 1.38 bits per heavy atom. The number of phenols is 1. The van der Waals surface area contributed by atoms with E-state index in [4.69, 9.17) is 0 Å². The lowest BCUT2D eigenvalue weighted by molar-refractivity contribution is -0.142. The second kappa shape index (κ2) is 5.90.